The lowest BCUT2D eigenvalue weighted by Gasteiger charge is -2.36. The van der Waals surface area contributed by atoms with Crippen molar-refractivity contribution >= 4 is 17.7 Å². The zero-order valence-corrected chi connectivity index (χ0v) is 12.4. The predicted molar refractivity (Wildman–Crippen MR) is 78.0 cm³/mol. The van der Waals surface area contributed by atoms with E-state index >= 15 is 0 Å². The molecular formula is C14H22N4O2. The van der Waals surface area contributed by atoms with Crippen LogP contribution < -0.4 is 9.80 Å². The topological polar surface area (TPSA) is 58.6 Å². The third-order valence-electron chi connectivity index (χ3n) is 3.58. The van der Waals surface area contributed by atoms with Gasteiger partial charge in [0, 0.05) is 32.9 Å². The summed E-state index contributed by atoms with van der Waals surface area (Å²) in [5, 5.41) is 0. The van der Waals surface area contributed by atoms with Crippen LogP contribution in [0, 0.1) is 0 Å². The van der Waals surface area contributed by atoms with Crippen molar-refractivity contribution in [3.8, 4) is 0 Å². The van der Waals surface area contributed by atoms with Gasteiger partial charge in [0.25, 0.3) is 0 Å². The highest BCUT2D eigenvalue weighted by Crippen LogP contribution is 2.26. The van der Waals surface area contributed by atoms with E-state index in [9.17, 15) is 4.79 Å². The number of rotatable bonds is 4. The first-order valence-corrected chi connectivity index (χ1v) is 6.95. The van der Waals surface area contributed by atoms with Gasteiger partial charge in [-0.15, -0.1) is 0 Å². The summed E-state index contributed by atoms with van der Waals surface area (Å²) in [5.41, 5.74) is 0. The number of piperidine rings is 1. The summed E-state index contributed by atoms with van der Waals surface area (Å²) in [4.78, 5) is 24.4. The van der Waals surface area contributed by atoms with Crippen molar-refractivity contribution < 1.29 is 9.53 Å². The van der Waals surface area contributed by atoms with Gasteiger partial charge in [-0.25, -0.2) is 4.98 Å². The first-order valence-electron chi connectivity index (χ1n) is 6.95. The van der Waals surface area contributed by atoms with Crippen LogP contribution >= 0.6 is 0 Å². The highest BCUT2D eigenvalue weighted by molar-refractivity contribution is 5.70. The molecule has 1 saturated heterocycles. The van der Waals surface area contributed by atoms with E-state index in [1.54, 1.807) is 6.20 Å². The van der Waals surface area contributed by atoms with Crippen molar-refractivity contribution in [2.75, 3.05) is 37.5 Å². The van der Waals surface area contributed by atoms with Crippen LogP contribution in [0.5, 0.6) is 0 Å². The van der Waals surface area contributed by atoms with Crippen molar-refractivity contribution in [3.05, 3.63) is 12.3 Å². The van der Waals surface area contributed by atoms with Crippen LogP contribution in [0.15, 0.2) is 12.3 Å². The van der Waals surface area contributed by atoms with Crippen LogP contribution in [0.4, 0.5) is 11.8 Å². The standard InChI is InChI=1S/C14H22N4O2/c1-17(2)14-15-8-7-12(16-14)18-9-5-4-6-11(18)10-13(19)20-3/h7-8,11H,4-6,9-10H2,1-3H3. The lowest BCUT2D eigenvalue weighted by atomic mass is 9.99. The lowest BCUT2D eigenvalue weighted by Crippen LogP contribution is -2.41. The molecule has 0 aliphatic carbocycles. The molecule has 0 bridgehead atoms. The van der Waals surface area contributed by atoms with Crippen molar-refractivity contribution in [1.29, 1.82) is 0 Å². The maximum Gasteiger partial charge on any atom is 0.307 e. The fourth-order valence-electron chi connectivity index (χ4n) is 2.50. The second-order valence-corrected chi connectivity index (χ2v) is 5.23. The van der Waals surface area contributed by atoms with Crippen molar-refractivity contribution in [3.63, 3.8) is 0 Å². The SMILES string of the molecule is COC(=O)CC1CCCCN1c1ccnc(N(C)C)n1. The average molecular weight is 278 g/mol. The molecule has 1 atom stereocenters. The first kappa shape index (κ1) is 14.6. The molecule has 0 N–H and O–H groups in total. The summed E-state index contributed by atoms with van der Waals surface area (Å²) in [6, 6.07) is 2.07. The first-order chi connectivity index (χ1) is 9.61. The molecule has 2 rings (SSSR count). The average Bonchev–Trinajstić information content (AvgIpc) is 2.47. The second kappa shape index (κ2) is 6.54. The Labute approximate surface area is 119 Å². The molecule has 6 heteroatoms. The van der Waals surface area contributed by atoms with Crippen LogP contribution in [0.2, 0.25) is 0 Å². The quantitative estimate of drug-likeness (QED) is 0.777. The molecule has 2 heterocycles. The summed E-state index contributed by atoms with van der Waals surface area (Å²) < 4.78 is 4.79. The van der Waals surface area contributed by atoms with E-state index in [-0.39, 0.29) is 12.0 Å². The van der Waals surface area contributed by atoms with Crippen LogP contribution in [-0.2, 0) is 9.53 Å². The number of carbonyl (C=O) groups excluding carboxylic acids is 1. The predicted octanol–water partition coefficient (Wildman–Crippen LogP) is 1.46. The molecule has 0 radical (unpaired) electrons. The van der Waals surface area contributed by atoms with E-state index in [0.29, 0.717) is 12.4 Å². The van der Waals surface area contributed by atoms with Crippen LogP contribution in [0.1, 0.15) is 25.7 Å². The molecule has 1 fully saturated rings. The van der Waals surface area contributed by atoms with Crippen molar-refractivity contribution in [2.24, 2.45) is 0 Å². The fourth-order valence-corrected chi connectivity index (χ4v) is 2.50. The van der Waals surface area contributed by atoms with E-state index in [2.05, 4.69) is 14.9 Å². The summed E-state index contributed by atoms with van der Waals surface area (Å²) >= 11 is 0. The van der Waals surface area contributed by atoms with Gasteiger partial charge in [-0.2, -0.15) is 4.98 Å². The zero-order valence-electron chi connectivity index (χ0n) is 12.4. The van der Waals surface area contributed by atoms with Gasteiger partial charge in [-0.1, -0.05) is 0 Å². The number of carbonyl (C=O) groups is 1. The molecule has 1 aromatic heterocycles. The number of nitrogens with zero attached hydrogens (tertiary/aromatic N) is 4. The van der Waals surface area contributed by atoms with Crippen molar-refractivity contribution in [1.82, 2.24) is 9.97 Å². The number of anilines is 2. The van der Waals surface area contributed by atoms with Gasteiger partial charge >= 0.3 is 5.97 Å². The molecule has 1 aliphatic rings. The van der Waals surface area contributed by atoms with E-state index in [0.717, 1.165) is 31.6 Å². The van der Waals surface area contributed by atoms with E-state index < -0.39 is 0 Å². The minimum absolute atomic E-state index is 0.163. The van der Waals surface area contributed by atoms with Gasteiger partial charge in [0.05, 0.1) is 13.5 Å². The van der Waals surface area contributed by atoms with Gasteiger partial charge < -0.3 is 14.5 Å². The number of esters is 1. The Balaban J connectivity index is 2.18. The third-order valence-corrected chi connectivity index (χ3v) is 3.58. The van der Waals surface area contributed by atoms with Gasteiger partial charge in [0.1, 0.15) is 5.82 Å². The highest BCUT2D eigenvalue weighted by atomic mass is 16.5. The molecule has 110 valence electrons. The molecule has 0 saturated carbocycles. The Kier molecular flexibility index (Phi) is 4.76. The largest absolute Gasteiger partial charge is 0.469 e. The summed E-state index contributed by atoms with van der Waals surface area (Å²) in [5.74, 6) is 1.41. The Morgan fingerprint density at radius 1 is 1.50 bits per heavy atom. The van der Waals surface area contributed by atoms with Gasteiger partial charge in [0.2, 0.25) is 5.95 Å². The molecule has 1 aromatic rings. The lowest BCUT2D eigenvalue weighted by molar-refractivity contribution is -0.141. The Bertz CT molecular complexity index is 464. The third kappa shape index (κ3) is 3.37. The summed E-state index contributed by atoms with van der Waals surface area (Å²) in [7, 11) is 5.27. The Morgan fingerprint density at radius 3 is 3.00 bits per heavy atom. The Hall–Kier alpha value is -1.85. The summed E-state index contributed by atoms with van der Waals surface area (Å²) in [6.07, 6.45) is 5.44. The van der Waals surface area contributed by atoms with E-state index in [1.807, 2.05) is 25.1 Å². The van der Waals surface area contributed by atoms with Gasteiger partial charge in [-0.3, -0.25) is 4.79 Å². The van der Waals surface area contributed by atoms with Crippen molar-refractivity contribution in [2.45, 2.75) is 31.7 Å². The maximum atomic E-state index is 11.5. The van der Waals surface area contributed by atoms with Gasteiger partial charge in [0.15, 0.2) is 0 Å². The Morgan fingerprint density at radius 2 is 2.30 bits per heavy atom. The highest BCUT2D eigenvalue weighted by Gasteiger charge is 2.26. The smallest absolute Gasteiger partial charge is 0.307 e. The molecule has 1 unspecified atom stereocenters. The molecular weight excluding hydrogens is 256 g/mol. The van der Waals surface area contributed by atoms with Crippen LogP contribution in [0.25, 0.3) is 0 Å². The maximum absolute atomic E-state index is 11.5. The number of hydrogen-bond acceptors (Lipinski definition) is 6. The molecule has 0 spiro atoms. The second-order valence-electron chi connectivity index (χ2n) is 5.23. The van der Waals surface area contributed by atoms with Gasteiger partial charge in [-0.05, 0) is 25.3 Å². The molecule has 1 aliphatic heterocycles. The van der Waals surface area contributed by atoms with Crippen LogP contribution in [0.3, 0.4) is 0 Å². The number of methoxy groups -OCH3 is 1. The number of aromatic nitrogens is 2. The van der Waals surface area contributed by atoms with E-state index in [4.69, 9.17) is 4.74 Å². The monoisotopic (exact) mass is 278 g/mol. The van der Waals surface area contributed by atoms with Crippen LogP contribution in [-0.4, -0.2) is 49.7 Å². The number of ether oxygens (including phenoxy) is 1. The minimum atomic E-state index is -0.163. The molecule has 0 amide bonds. The van der Waals surface area contributed by atoms with E-state index in [1.165, 1.54) is 7.11 Å². The molecule has 6 nitrogen and oxygen atoms in total. The summed E-state index contributed by atoms with van der Waals surface area (Å²) in [6.45, 7) is 0.922. The molecule has 0 aromatic carbocycles. The zero-order chi connectivity index (χ0) is 14.5. The molecule has 20 heavy (non-hydrogen) atoms. The fraction of sp³-hybridized carbons (Fsp3) is 0.643. The minimum Gasteiger partial charge on any atom is -0.469 e. The normalized spacial score (nSPS) is 18.8. The number of hydrogen-bond donors (Lipinski definition) is 0.